The van der Waals surface area contributed by atoms with Crippen molar-refractivity contribution < 1.29 is 14.7 Å². The standard InChI is InChI=1S/C12H15ClN2O3/c1-2-15(6-5-11(16)17)10-7-8(13)3-4-9(10)12(14)18/h3-4,7H,2,5-6H2,1H3,(H2,14,18)(H,16,17). The molecule has 1 aromatic rings. The predicted octanol–water partition coefficient (Wildman–Crippen LogP) is 1.74. The maximum atomic E-state index is 11.3. The molecular formula is C12H15ClN2O3. The third-order valence-corrected chi connectivity index (χ3v) is 2.78. The number of primary amides is 1. The Labute approximate surface area is 110 Å². The molecule has 3 N–H and O–H groups in total. The zero-order chi connectivity index (χ0) is 13.7. The number of hydrogen-bond acceptors (Lipinski definition) is 3. The van der Waals surface area contributed by atoms with Crippen molar-refractivity contribution in [1.82, 2.24) is 0 Å². The summed E-state index contributed by atoms with van der Waals surface area (Å²) < 4.78 is 0. The van der Waals surface area contributed by atoms with E-state index in [9.17, 15) is 9.59 Å². The number of rotatable bonds is 6. The second-order valence-corrected chi connectivity index (χ2v) is 4.19. The molecule has 0 aliphatic carbocycles. The molecule has 0 aliphatic rings. The molecule has 0 atom stereocenters. The summed E-state index contributed by atoms with van der Waals surface area (Å²) in [5.41, 5.74) is 6.20. The van der Waals surface area contributed by atoms with Crippen molar-refractivity contribution in [3.8, 4) is 0 Å². The highest BCUT2D eigenvalue weighted by Crippen LogP contribution is 2.24. The van der Waals surface area contributed by atoms with Crippen molar-refractivity contribution in [1.29, 1.82) is 0 Å². The Hall–Kier alpha value is -1.75. The number of hydrogen-bond donors (Lipinski definition) is 2. The normalized spacial score (nSPS) is 10.1. The summed E-state index contributed by atoms with van der Waals surface area (Å²) in [4.78, 5) is 23.7. The van der Waals surface area contributed by atoms with Gasteiger partial charge in [-0.05, 0) is 25.1 Å². The summed E-state index contributed by atoms with van der Waals surface area (Å²) in [6.07, 6.45) is -0.0153. The number of carbonyl (C=O) groups excluding carboxylic acids is 1. The summed E-state index contributed by atoms with van der Waals surface area (Å²) in [5, 5.41) is 9.17. The van der Waals surface area contributed by atoms with Crippen molar-refractivity contribution in [2.45, 2.75) is 13.3 Å². The van der Waals surface area contributed by atoms with Crippen molar-refractivity contribution in [3.05, 3.63) is 28.8 Å². The van der Waals surface area contributed by atoms with E-state index in [1.165, 1.54) is 0 Å². The van der Waals surface area contributed by atoms with Crippen LogP contribution in [0.1, 0.15) is 23.7 Å². The van der Waals surface area contributed by atoms with Crippen LogP contribution in [0.25, 0.3) is 0 Å². The smallest absolute Gasteiger partial charge is 0.305 e. The summed E-state index contributed by atoms with van der Waals surface area (Å²) in [6.45, 7) is 2.73. The van der Waals surface area contributed by atoms with Gasteiger partial charge in [0.2, 0.25) is 0 Å². The van der Waals surface area contributed by atoms with E-state index in [1.54, 1.807) is 23.1 Å². The molecule has 5 nitrogen and oxygen atoms in total. The van der Waals surface area contributed by atoms with E-state index in [2.05, 4.69) is 0 Å². The molecule has 0 aromatic heterocycles. The second-order valence-electron chi connectivity index (χ2n) is 3.75. The van der Waals surface area contributed by atoms with Crippen LogP contribution in [0.4, 0.5) is 5.69 Å². The summed E-state index contributed by atoms with van der Waals surface area (Å²) >= 11 is 5.89. The SMILES string of the molecule is CCN(CCC(=O)O)c1cc(Cl)ccc1C(N)=O. The third kappa shape index (κ3) is 3.63. The maximum absolute atomic E-state index is 11.3. The van der Waals surface area contributed by atoms with Gasteiger partial charge in [0.15, 0.2) is 0 Å². The average molecular weight is 271 g/mol. The first-order valence-electron chi connectivity index (χ1n) is 5.51. The van der Waals surface area contributed by atoms with Gasteiger partial charge in [0.1, 0.15) is 0 Å². The van der Waals surface area contributed by atoms with Crippen LogP contribution in [-0.4, -0.2) is 30.1 Å². The number of halogens is 1. The highest BCUT2D eigenvalue weighted by Gasteiger charge is 2.15. The topological polar surface area (TPSA) is 83.6 Å². The first kappa shape index (κ1) is 14.3. The minimum atomic E-state index is -0.892. The number of benzene rings is 1. The lowest BCUT2D eigenvalue weighted by molar-refractivity contribution is -0.136. The molecule has 0 bridgehead atoms. The van der Waals surface area contributed by atoms with Crippen LogP contribution in [0.3, 0.4) is 0 Å². The summed E-state index contributed by atoms with van der Waals surface area (Å²) in [5.74, 6) is -1.45. The van der Waals surface area contributed by atoms with Crippen molar-refractivity contribution >= 4 is 29.2 Å². The number of nitrogens with two attached hydrogens (primary N) is 1. The number of amides is 1. The number of anilines is 1. The van der Waals surface area contributed by atoms with E-state index in [0.717, 1.165) is 0 Å². The van der Waals surface area contributed by atoms with Crippen LogP contribution < -0.4 is 10.6 Å². The lowest BCUT2D eigenvalue weighted by Crippen LogP contribution is -2.28. The highest BCUT2D eigenvalue weighted by molar-refractivity contribution is 6.31. The quantitative estimate of drug-likeness (QED) is 0.825. The fourth-order valence-electron chi connectivity index (χ4n) is 1.65. The molecule has 1 rings (SSSR count). The lowest BCUT2D eigenvalue weighted by Gasteiger charge is -2.24. The van der Waals surface area contributed by atoms with Crippen LogP contribution >= 0.6 is 11.6 Å². The molecule has 0 radical (unpaired) electrons. The van der Waals surface area contributed by atoms with Gasteiger partial charge >= 0.3 is 5.97 Å². The monoisotopic (exact) mass is 270 g/mol. The fraction of sp³-hybridized carbons (Fsp3) is 0.333. The third-order valence-electron chi connectivity index (χ3n) is 2.54. The Morgan fingerprint density at radius 3 is 2.61 bits per heavy atom. The van der Waals surface area contributed by atoms with E-state index in [-0.39, 0.29) is 6.42 Å². The number of carboxylic acids is 1. The van der Waals surface area contributed by atoms with Crippen molar-refractivity contribution in [2.24, 2.45) is 5.73 Å². The Kier molecular flexibility index (Phi) is 4.97. The molecule has 1 amide bonds. The summed E-state index contributed by atoms with van der Waals surface area (Å²) in [7, 11) is 0. The Morgan fingerprint density at radius 1 is 1.44 bits per heavy atom. The Morgan fingerprint density at radius 2 is 2.11 bits per heavy atom. The van der Waals surface area contributed by atoms with Crippen LogP contribution in [0.5, 0.6) is 0 Å². The van der Waals surface area contributed by atoms with Gasteiger partial charge in [0.25, 0.3) is 5.91 Å². The van der Waals surface area contributed by atoms with Gasteiger partial charge in [-0.3, -0.25) is 9.59 Å². The zero-order valence-electron chi connectivity index (χ0n) is 10.0. The molecule has 0 saturated heterocycles. The van der Waals surface area contributed by atoms with Crippen LogP contribution in [0.2, 0.25) is 5.02 Å². The number of carbonyl (C=O) groups is 2. The Balaban J connectivity index is 3.06. The molecule has 0 saturated carbocycles. The first-order chi connectivity index (χ1) is 8.45. The largest absolute Gasteiger partial charge is 0.481 e. The van der Waals surface area contributed by atoms with Crippen LogP contribution in [-0.2, 0) is 4.79 Å². The lowest BCUT2D eigenvalue weighted by atomic mass is 10.1. The van der Waals surface area contributed by atoms with E-state index < -0.39 is 11.9 Å². The van der Waals surface area contributed by atoms with E-state index in [4.69, 9.17) is 22.4 Å². The summed E-state index contributed by atoms with van der Waals surface area (Å²) in [6, 6.07) is 4.74. The molecule has 0 unspecified atom stereocenters. The van der Waals surface area contributed by atoms with Crippen LogP contribution in [0, 0.1) is 0 Å². The van der Waals surface area contributed by atoms with E-state index in [0.29, 0.717) is 29.4 Å². The molecule has 0 spiro atoms. The van der Waals surface area contributed by atoms with Gasteiger partial charge in [-0.2, -0.15) is 0 Å². The molecule has 18 heavy (non-hydrogen) atoms. The number of aliphatic carboxylic acids is 1. The van der Waals surface area contributed by atoms with Gasteiger partial charge in [-0.1, -0.05) is 11.6 Å². The highest BCUT2D eigenvalue weighted by atomic mass is 35.5. The van der Waals surface area contributed by atoms with Gasteiger partial charge in [-0.15, -0.1) is 0 Å². The minimum Gasteiger partial charge on any atom is -0.481 e. The first-order valence-corrected chi connectivity index (χ1v) is 5.89. The number of nitrogens with zero attached hydrogens (tertiary/aromatic N) is 1. The molecule has 0 fully saturated rings. The molecular weight excluding hydrogens is 256 g/mol. The number of carboxylic acid groups (broad SMARTS) is 1. The molecule has 98 valence electrons. The van der Waals surface area contributed by atoms with Crippen molar-refractivity contribution in [2.75, 3.05) is 18.0 Å². The minimum absolute atomic E-state index is 0.0153. The van der Waals surface area contributed by atoms with Gasteiger partial charge in [-0.25, -0.2) is 0 Å². The Bertz CT molecular complexity index is 463. The molecule has 1 aromatic carbocycles. The fourth-order valence-corrected chi connectivity index (χ4v) is 1.82. The van der Waals surface area contributed by atoms with E-state index in [1.807, 2.05) is 6.92 Å². The molecule has 0 heterocycles. The predicted molar refractivity (Wildman–Crippen MR) is 70.1 cm³/mol. The zero-order valence-corrected chi connectivity index (χ0v) is 10.8. The maximum Gasteiger partial charge on any atom is 0.305 e. The molecule has 0 aliphatic heterocycles. The van der Waals surface area contributed by atoms with Crippen molar-refractivity contribution in [3.63, 3.8) is 0 Å². The van der Waals surface area contributed by atoms with Gasteiger partial charge in [0.05, 0.1) is 17.7 Å². The molecule has 6 heteroatoms. The van der Waals surface area contributed by atoms with Crippen LogP contribution in [0.15, 0.2) is 18.2 Å². The van der Waals surface area contributed by atoms with Gasteiger partial charge in [0, 0.05) is 18.1 Å². The average Bonchev–Trinajstić information content (AvgIpc) is 2.29. The van der Waals surface area contributed by atoms with E-state index >= 15 is 0 Å². The van der Waals surface area contributed by atoms with Gasteiger partial charge < -0.3 is 15.7 Å². The second kappa shape index (κ2) is 6.26.